The maximum Gasteiger partial charge on any atom is 0.235 e. The van der Waals surface area contributed by atoms with Gasteiger partial charge in [0.25, 0.3) is 0 Å². The summed E-state index contributed by atoms with van der Waals surface area (Å²) in [6, 6.07) is 0. The minimum absolute atomic E-state index is 0.201. The molecule has 0 aromatic heterocycles. The molecule has 1 aliphatic carbocycles. The van der Waals surface area contributed by atoms with E-state index >= 15 is 0 Å². The number of likely N-dealkylation sites (tertiary alicyclic amines) is 1. The second kappa shape index (κ2) is 6.00. The van der Waals surface area contributed by atoms with Gasteiger partial charge in [0.2, 0.25) is 5.91 Å². The van der Waals surface area contributed by atoms with Gasteiger partial charge in [-0.1, -0.05) is 33.0 Å². The highest BCUT2D eigenvalue weighted by molar-refractivity contribution is 7.80. The van der Waals surface area contributed by atoms with Crippen molar-refractivity contribution in [1.82, 2.24) is 4.90 Å². The number of hydrogen-bond acceptors (Lipinski definition) is 2. The topological polar surface area (TPSA) is 46.3 Å². The fraction of sp³-hybridized carbons (Fsp3) is 0.875. The molecule has 2 fully saturated rings. The lowest BCUT2D eigenvalue weighted by molar-refractivity contribution is -0.144. The van der Waals surface area contributed by atoms with Crippen LogP contribution in [0.15, 0.2) is 0 Å². The molecular formula is C16H28N2OS. The van der Waals surface area contributed by atoms with E-state index in [-0.39, 0.29) is 5.91 Å². The van der Waals surface area contributed by atoms with E-state index in [0.717, 1.165) is 44.7 Å². The molecule has 0 aromatic carbocycles. The molecule has 20 heavy (non-hydrogen) atoms. The van der Waals surface area contributed by atoms with Crippen LogP contribution in [-0.4, -0.2) is 28.9 Å². The zero-order chi connectivity index (χ0) is 14.9. The van der Waals surface area contributed by atoms with E-state index in [4.69, 9.17) is 18.0 Å². The maximum absolute atomic E-state index is 12.9. The molecular weight excluding hydrogens is 268 g/mol. The van der Waals surface area contributed by atoms with E-state index in [1.807, 2.05) is 4.90 Å². The van der Waals surface area contributed by atoms with E-state index in [1.54, 1.807) is 0 Å². The van der Waals surface area contributed by atoms with Crippen LogP contribution < -0.4 is 5.73 Å². The molecule has 2 rings (SSSR count). The Kier molecular flexibility index (Phi) is 4.73. The molecule has 1 saturated carbocycles. The molecule has 0 aromatic rings. The Balaban J connectivity index is 2.04. The number of rotatable bonds is 3. The molecule has 2 N–H and O–H groups in total. The summed E-state index contributed by atoms with van der Waals surface area (Å²) in [5, 5.41) is 0. The smallest absolute Gasteiger partial charge is 0.235 e. The number of carbonyl (C=O) groups is 1. The Morgan fingerprint density at radius 2 is 1.95 bits per heavy atom. The first-order chi connectivity index (χ1) is 9.36. The predicted octanol–water partition coefficient (Wildman–Crippen LogP) is 2.97. The van der Waals surface area contributed by atoms with Gasteiger partial charge in [0.05, 0.1) is 10.4 Å². The second-order valence-corrected chi connectivity index (χ2v) is 7.63. The Labute approximate surface area is 128 Å². The zero-order valence-corrected chi connectivity index (χ0v) is 13.8. The highest BCUT2D eigenvalue weighted by atomic mass is 32.1. The van der Waals surface area contributed by atoms with Crippen molar-refractivity contribution >= 4 is 23.1 Å². The number of hydrogen-bond donors (Lipinski definition) is 1. The summed E-state index contributed by atoms with van der Waals surface area (Å²) in [6.45, 7) is 8.49. The summed E-state index contributed by atoms with van der Waals surface area (Å²) in [6.07, 6.45) is 5.14. The van der Waals surface area contributed by atoms with E-state index in [2.05, 4.69) is 20.8 Å². The quantitative estimate of drug-likeness (QED) is 0.814. The van der Waals surface area contributed by atoms with E-state index in [0.29, 0.717) is 16.8 Å². The molecule has 0 spiro atoms. The molecule has 1 atom stereocenters. The second-order valence-electron chi connectivity index (χ2n) is 7.19. The largest absolute Gasteiger partial charge is 0.392 e. The fourth-order valence-corrected chi connectivity index (χ4v) is 4.16. The molecule has 4 heteroatoms. The summed E-state index contributed by atoms with van der Waals surface area (Å²) in [5.74, 6) is 2.22. The first-order valence-corrected chi connectivity index (χ1v) is 8.37. The average molecular weight is 296 g/mol. The van der Waals surface area contributed by atoms with Gasteiger partial charge in [-0.3, -0.25) is 4.79 Å². The maximum atomic E-state index is 12.9. The molecule has 2 aliphatic rings. The van der Waals surface area contributed by atoms with Crippen molar-refractivity contribution in [2.75, 3.05) is 13.1 Å². The molecule has 1 heterocycles. The van der Waals surface area contributed by atoms with Crippen LogP contribution in [0, 0.1) is 23.2 Å². The number of amides is 1. The summed E-state index contributed by atoms with van der Waals surface area (Å²) in [4.78, 5) is 15.3. The van der Waals surface area contributed by atoms with Crippen LogP contribution in [0.1, 0.15) is 52.9 Å². The standard InChI is InChI=1S/C16H28N2OS/c1-11(2)13-5-4-7-18(8-6-13)15(19)16(14(17)20)9-12(3)10-16/h11-13H,4-10H2,1-3H3,(H2,17,20). The number of thiocarbonyl (C=S) groups is 1. The van der Waals surface area contributed by atoms with Crippen LogP contribution >= 0.6 is 12.2 Å². The van der Waals surface area contributed by atoms with E-state index in [9.17, 15) is 4.79 Å². The van der Waals surface area contributed by atoms with Crippen molar-refractivity contribution in [3.63, 3.8) is 0 Å². The minimum Gasteiger partial charge on any atom is -0.392 e. The minimum atomic E-state index is -0.521. The van der Waals surface area contributed by atoms with Gasteiger partial charge < -0.3 is 10.6 Å². The normalized spacial score (nSPS) is 34.5. The monoisotopic (exact) mass is 296 g/mol. The molecule has 0 bridgehead atoms. The van der Waals surface area contributed by atoms with Crippen LogP contribution in [0.25, 0.3) is 0 Å². The third kappa shape index (κ3) is 2.85. The lowest BCUT2D eigenvalue weighted by Crippen LogP contribution is -2.57. The third-order valence-corrected chi connectivity index (χ3v) is 5.67. The highest BCUT2D eigenvalue weighted by Crippen LogP contribution is 2.47. The van der Waals surface area contributed by atoms with Crippen LogP contribution in [0.4, 0.5) is 0 Å². The molecule has 114 valence electrons. The van der Waals surface area contributed by atoms with Gasteiger partial charge in [-0.2, -0.15) is 0 Å². The number of nitrogens with two attached hydrogens (primary N) is 1. The molecule has 1 unspecified atom stereocenters. The fourth-order valence-electron chi connectivity index (χ4n) is 3.91. The molecule has 1 aliphatic heterocycles. The summed E-state index contributed by atoms with van der Waals surface area (Å²) in [7, 11) is 0. The van der Waals surface area contributed by atoms with Crippen LogP contribution in [0.3, 0.4) is 0 Å². The van der Waals surface area contributed by atoms with Gasteiger partial charge in [-0.15, -0.1) is 0 Å². The van der Waals surface area contributed by atoms with E-state index in [1.165, 1.54) is 6.42 Å². The van der Waals surface area contributed by atoms with E-state index < -0.39 is 5.41 Å². The van der Waals surface area contributed by atoms with Crippen molar-refractivity contribution in [3.8, 4) is 0 Å². The third-order valence-electron chi connectivity index (χ3n) is 5.28. The van der Waals surface area contributed by atoms with Crippen LogP contribution in [0.5, 0.6) is 0 Å². The predicted molar refractivity (Wildman–Crippen MR) is 86.4 cm³/mol. The zero-order valence-electron chi connectivity index (χ0n) is 13.0. The van der Waals surface area contributed by atoms with Crippen molar-refractivity contribution in [3.05, 3.63) is 0 Å². The lowest BCUT2D eigenvalue weighted by atomic mass is 9.61. The first-order valence-electron chi connectivity index (χ1n) is 7.96. The van der Waals surface area contributed by atoms with Gasteiger partial charge in [0, 0.05) is 13.1 Å². The van der Waals surface area contributed by atoms with Crippen molar-refractivity contribution in [2.24, 2.45) is 28.9 Å². The summed E-state index contributed by atoms with van der Waals surface area (Å²) >= 11 is 5.21. The van der Waals surface area contributed by atoms with Gasteiger partial charge in [-0.05, 0) is 49.9 Å². The van der Waals surface area contributed by atoms with Gasteiger partial charge >= 0.3 is 0 Å². The molecule has 1 amide bonds. The number of nitrogens with zero attached hydrogens (tertiary/aromatic N) is 1. The van der Waals surface area contributed by atoms with Gasteiger partial charge in [0.1, 0.15) is 0 Å². The van der Waals surface area contributed by atoms with Crippen molar-refractivity contribution in [1.29, 1.82) is 0 Å². The SMILES string of the molecule is CC1CC(C(=O)N2CCCC(C(C)C)CC2)(C(N)=S)C1. The Hall–Kier alpha value is -0.640. The first kappa shape index (κ1) is 15.7. The van der Waals surface area contributed by atoms with Crippen LogP contribution in [0.2, 0.25) is 0 Å². The summed E-state index contributed by atoms with van der Waals surface area (Å²) in [5.41, 5.74) is 5.38. The van der Waals surface area contributed by atoms with Crippen LogP contribution in [-0.2, 0) is 4.79 Å². The Morgan fingerprint density at radius 3 is 2.45 bits per heavy atom. The average Bonchev–Trinajstić information content (AvgIpc) is 2.59. The van der Waals surface area contributed by atoms with Gasteiger partial charge in [-0.25, -0.2) is 0 Å². The van der Waals surface area contributed by atoms with Crippen molar-refractivity contribution < 1.29 is 4.79 Å². The molecule has 3 nitrogen and oxygen atoms in total. The van der Waals surface area contributed by atoms with Crippen molar-refractivity contribution in [2.45, 2.75) is 52.9 Å². The summed E-state index contributed by atoms with van der Waals surface area (Å²) < 4.78 is 0. The van der Waals surface area contributed by atoms with Gasteiger partial charge in [0.15, 0.2) is 0 Å². The lowest BCUT2D eigenvalue weighted by Gasteiger charge is -2.46. The Bertz CT molecular complexity index is 388. The molecule has 1 saturated heterocycles. The highest BCUT2D eigenvalue weighted by Gasteiger charge is 2.52. The molecule has 0 radical (unpaired) electrons. The Morgan fingerprint density at radius 1 is 1.30 bits per heavy atom. The number of carbonyl (C=O) groups excluding carboxylic acids is 1.